The molecule has 5 heteroatoms. The van der Waals surface area contributed by atoms with Gasteiger partial charge in [-0.2, -0.15) is 4.98 Å². The largest absolute Gasteiger partial charge is 0.340 e. The lowest BCUT2D eigenvalue weighted by Crippen LogP contribution is -1.96. The molecule has 1 aromatic carbocycles. The average molecular weight is 318 g/mol. The highest BCUT2D eigenvalue weighted by Gasteiger charge is 2.11. The second-order valence-corrected chi connectivity index (χ2v) is 6.26. The molecule has 3 aromatic rings. The van der Waals surface area contributed by atoms with Crippen LogP contribution in [0.25, 0.3) is 10.2 Å². The Hall–Kier alpha value is -1.65. The maximum absolute atomic E-state index is 6.05. The van der Waals surface area contributed by atoms with Crippen LogP contribution in [0.1, 0.15) is 24.3 Å². The minimum absolute atomic E-state index is 0.279. The van der Waals surface area contributed by atoms with Gasteiger partial charge in [-0.05, 0) is 48.2 Å². The quantitative estimate of drug-likeness (QED) is 0.671. The second kappa shape index (κ2) is 6.00. The fourth-order valence-corrected chi connectivity index (χ4v) is 3.41. The first-order valence-electron chi connectivity index (χ1n) is 7.01. The van der Waals surface area contributed by atoms with Crippen molar-refractivity contribution in [1.82, 2.24) is 9.97 Å². The molecule has 0 fully saturated rings. The summed E-state index contributed by atoms with van der Waals surface area (Å²) in [7, 11) is 0. The van der Waals surface area contributed by atoms with Gasteiger partial charge in [0.25, 0.3) is 0 Å². The third kappa shape index (κ3) is 3.01. The fraction of sp³-hybridized carbons (Fsp3) is 0.250. The van der Waals surface area contributed by atoms with Gasteiger partial charge in [0.05, 0.1) is 5.39 Å². The molecule has 3 nitrogen and oxygen atoms in total. The van der Waals surface area contributed by atoms with Crippen LogP contribution in [0.15, 0.2) is 30.3 Å². The summed E-state index contributed by atoms with van der Waals surface area (Å²) in [5.41, 5.74) is 2.31. The summed E-state index contributed by atoms with van der Waals surface area (Å²) in [4.78, 5) is 10.9. The van der Waals surface area contributed by atoms with Gasteiger partial charge in [0, 0.05) is 10.6 Å². The van der Waals surface area contributed by atoms with E-state index in [0.29, 0.717) is 0 Å². The first-order chi connectivity index (χ1) is 10.2. The molecule has 0 amide bonds. The molecule has 0 unspecified atom stereocenters. The van der Waals surface area contributed by atoms with Crippen molar-refractivity contribution in [1.29, 1.82) is 0 Å². The lowest BCUT2D eigenvalue weighted by atomic mass is 10.1. The van der Waals surface area contributed by atoms with E-state index in [9.17, 15) is 0 Å². The van der Waals surface area contributed by atoms with Gasteiger partial charge in [-0.25, -0.2) is 4.98 Å². The highest BCUT2D eigenvalue weighted by molar-refractivity contribution is 7.18. The lowest BCUT2D eigenvalue weighted by Gasteiger charge is -2.08. The zero-order chi connectivity index (χ0) is 14.8. The van der Waals surface area contributed by atoms with Crippen LogP contribution in [-0.4, -0.2) is 9.97 Å². The van der Waals surface area contributed by atoms with Gasteiger partial charge in [-0.15, -0.1) is 11.3 Å². The number of aromatic nitrogens is 2. The Morgan fingerprint density at radius 1 is 1.14 bits per heavy atom. The van der Waals surface area contributed by atoms with Gasteiger partial charge in [-0.1, -0.05) is 26.0 Å². The van der Waals surface area contributed by atoms with E-state index < -0.39 is 0 Å². The normalized spacial score (nSPS) is 11.0. The van der Waals surface area contributed by atoms with Crippen LogP contribution in [0.3, 0.4) is 0 Å². The maximum atomic E-state index is 6.05. The Labute approximate surface area is 133 Å². The van der Waals surface area contributed by atoms with Crippen molar-refractivity contribution in [3.05, 3.63) is 46.1 Å². The number of nitrogens with one attached hydrogen (secondary N) is 1. The number of nitrogens with zero attached hydrogens (tertiary/aromatic N) is 2. The van der Waals surface area contributed by atoms with Crippen LogP contribution in [0.2, 0.25) is 5.28 Å². The highest BCUT2D eigenvalue weighted by atomic mass is 35.5. The van der Waals surface area contributed by atoms with Gasteiger partial charge in [0.15, 0.2) is 0 Å². The molecule has 3 rings (SSSR count). The molecular weight excluding hydrogens is 302 g/mol. The first kappa shape index (κ1) is 14.3. The summed E-state index contributed by atoms with van der Waals surface area (Å²) >= 11 is 7.71. The molecule has 0 aliphatic rings. The SMILES string of the molecule is CCc1cccc(Nc2nc(Cl)nc3sc(CC)cc23)c1. The number of rotatable bonds is 4. The van der Waals surface area contributed by atoms with Gasteiger partial charge >= 0.3 is 0 Å². The number of aryl methyl sites for hydroxylation is 2. The summed E-state index contributed by atoms with van der Waals surface area (Å²) < 4.78 is 0. The smallest absolute Gasteiger partial charge is 0.225 e. The number of halogens is 1. The van der Waals surface area contributed by atoms with Gasteiger partial charge in [0.1, 0.15) is 10.6 Å². The molecule has 0 spiro atoms. The van der Waals surface area contributed by atoms with E-state index in [1.165, 1.54) is 10.4 Å². The molecule has 0 radical (unpaired) electrons. The number of anilines is 2. The molecule has 108 valence electrons. The lowest BCUT2D eigenvalue weighted by molar-refractivity contribution is 1.14. The van der Waals surface area contributed by atoms with Crippen LogP contribution in [0.5, 0.6) is 0 Å². The van der Waals surface area contributed by atoms with Gasteiger partial charge < -0.3 is 5.32 Å². The zero-order valence-electron chi connectivity index (χ0n) is 12.0. The Balaban J connectivity index is 2.04. The third-order valence-electron chi connectivity index (χ3n) is 3.36. The summed E-state index contributed by atoms with van der Waals surface area (Å²) in [6.07, 6.45) is 2.00. The van der Waals surface area contributed by atoms with E-state index in [1.54, 1.807) is 11.3 Å². The monoisotopic (exact) mass is 317 g/mol. The molecule has 2 aromatic heterocycles. The molecule has 0 atom stereocenters. The molecule has 0 bridgehead atoms. The number of hydrogen-bond acceptors (Lipinski definition) is 4. The summed E-state index contributed by atoms with van der Waals surface area (Å²) in [6, 6.07) is 10.5. The molecule has 2 heterocycles. The minimum atomic E-state index is 0.279. The van der Waals surface area contributed by atoms with Gasteiger partial charge in [0.2, 0.25) is 5.28 Å². The van der Waals surface area contributed by atoms with Crippen LogP contribution >= 0.6 is 22.9 Å². The van der Waals surface area contributed by atoms with E-state index in [-0.39, 0.29) is 5.28 Å². The molecule has 0 saturated heterocycles. The number of fused-ring (bicyclic) bond motifs is 1. The number of hydrogen-bond donors (Lipinski definition) is 1. The van der Waals surface area contributed by atoms with Crippen molar-refractivity contribution in [2.24, 2.45) is 0 Å². The summed E-state index contributed by atoms with van der Waals surface area (Å²) in [5.74, 6) is 0.772. The van der Waals surface area contributed by atoms with E-state index in [1.807, 2.05) is 12.1 Å². The summed E-state index contributed by atoms with van der Waals surface area (Å²) in [6.45, 7) is 4.28. The minimum Gasteiger partial charge on any atom is -0.340 e. The van der Waals surface area contributed by atoms with Gasteiger partial charge in [-0.3, -0.25) is 0 Å². The average Bonchev–Trinajstić information content (AvgIpc) is 2.90. The molecule has 0 saturated carbocycles. The van der Waals surface area contributed by atoms with Crippen LogP contribution in [0.4, 0.5) is 11.5 Å². The van der Waals surface area contributed by atoms with Crippen LogP contribution in [-0.2, 0) is 12.8 Å². The second-order valence-electron chi connectivity index (χ2n) is 4.81. The van der Waals surface area contributed by atoms with Crippen molar-refractivity contribution in [2.45, 2.75) is 26.7 Å². The predicted molar refractivity (Wildman–Crippen MR) is 90.9 cm³/mol. The van der Waals surface area contributed by atoms with E-state index in [0.717, 1.165) is 34.6 Å². The molecule has 0 aliphatic carbocycles. The van der Waals surface area contributed by atoms with Crippen LogP contribution < -0.4 is 5.32 Å². The Morgan fingerprint density at radius 2 is 2.00 bits per heavy atom. The molecule has 21 heavy (non-hydrogen) atoms. The van der Waals surface area contributed by atoms with E-state index in [4.69, 9.17) is 11.6 Å². The van der Waals surface area contributed by atoms with Crippen molar-refractivity contribution < 1.29 is 0 Å². The maximum Gasteiger partial charge on any atom is 0.225 e. The molecular formula is C16H16ClN3S. The highest BCUT2D eigenvalue weighted by Crippen LogP contribution is 2.32. The Morgan fingerprint density at radius 3 is 2.76 bits per heavy atom. The van der Waals surface area contributed by atoms with E-state index in [2.05, 4.69) is 47.3 Å². The Kier molecular flexibility index (Phi) is 4.08. The number of thiophene rings is 1. The summed E-state index contributed by atoms with van der Waals surface area (Å²) in [5, 5.41) is 4.68. The van der Waals surface area contributed by atoms with E-state index >= 15 is 0 Å². The Bertz CT molecular complexity index is 782. The number of benzene rings is 1. The fourth-order valence-electron chi connectivity index (χ4n) is 2.22. The van der Waals surface area contributed by atoms with Crippen molar-refractivity contribution in [2.75, 3.05) is 5.32 Å². The van der Waals surface area contributed by atoms with Crippen molar-refractivity contribution in [3.63, 3.8) is 0 Å². The third-order valence-corrected chi connectivity index (χ3v) is 4.71. The van der Waals surface area contributed by atoms with Crippen LogP contribution in [0, 0.1) is 0 Å². The predicted octanol–water partition coefficient (Wildman–Crippen LogP) is 5.21. The van der Waals surface area contributed by atoms with Crippen molar-refractivity contribution in [3.8, 4) is 0 Å². The zero-order valence-corrected chi connectivity index (χ0v) is 13.6. The molecule has 0 aliphatic heterocycles. The standard InChI is InChI=1S/C16H16ClN3S/c1-3-10-6-5-7-11(8-10)18-14-13-9-12(4-2)21-15(13)20-16(17)19-14/h5-9H,3-4H2,1-2H3,(H,18,19,20). The first-order valence-corrected chi connectivity index (χ1v) is 8.21. The van der Waals surface area contributed by atoms with Crippen molar-refractivity contribution >= 4 is 44.7 Å². The topological polar surface area (TPSA) is 37.8 Å². The molecule has 1 N–H and O–H groups in total.